The van der Waals surface area contributed by atoms with Gasteiger partial charge in [0.2, 0.25) is 5.91 Å². The van der Waals surface area contributed by atoms with Crippen LogP contribution in [-0.4, -0.2) is 26.8 Å². The number of carbonyl (C=O) groups excluding carboxylic acids is 1. The molecule has 0 heterocycles. The topological polar surface area (TPSA) is 125 Å². The molecule has 24 heavy (non-hydrogen) atoms. The molecule has 2 rings (SSSR count). The van der Waals surface area contributed by atoms with Crippen molar-refractivity contribution in [1.82, 2.24) is 5.43 Å². The summed E-state index contributed by atoms with van der Waals surface area (Å²) >= 11 is 0. The smallest absolute Gasteiger partial charge is 0.269 e. The quantitative estimate of drug-likeness (QED) is 0.335. The Labute approximate surface area is 137 Å². The lowest BCUT2D eigenvalue weighted by atomic mass is 10.1. The zero-order valence-corrected chi connectivity index (χ0v) is 12.8. The lowest BCUT2D eigenvalue weighted by molar-refractivity contribution is -0.384. The maximum Gasteiger partial charge on any atom is 0.269 e. The van der Waals surface area contributed by atoms with Gasteiger partial charge in [-0.2, -0.15) is 5.10 Å². The Bertz CT molecular complexity index is 800. The van der Waals surface area contributed by atoms with Crippen LogP contribution in [0.4, 0.5) is 5.69 Å². The summed E-state index contributed by atoms with van der Waals surface area (Å²) in [6.07, 6.45) is 0.000790. The summed E-state index contributed by atoms with van der Waals surface area (Å²) in [4.78, 5) is 21.9. The number of non-ortho nitro benzene ring substituents is 1. The average molecular weight is 329 g/mol. The van der Waals surface area contributed by atoms with Crippen molar-refractivity contribution in [3.63, 3.8) is 0 Å². The van der Waals surface area contributed by atoms with Crippen LogP contribution in [0.5, 0.6) is 11.5 Å². The number of phenols is 2. The number of phenolic OH excluding ortho intramolecular Hbond substituents is 2. The standard InChI is InChI=1S/C16H15N3O5/c1-10(14-9-13(20)6-7-15(14)21)17-18-16(22)8-11-2-4-12(5-3-11)19(23)24/h2-7,9,20-21H,8H2,1H3,(H,18,22). The van der Waals surface area contributed by atoms with E-state index in [1.54, 1.807) is 6.92 Å². The number of aromatic hydroxyl groups is 2. The van der Waals surface area contributed by atoms with E-state index in [-0.39, 0.29) is 23.6 Å². The van der Waals surface area contributed by atoms with Gasteiger partial charge in [0.05, 0.1) is 17.1 Å². The molecule has 0 bridgehead atoms. The van der Waals surface area contributed by atoms with E-state index in [0.717, 1.165) is 0 Å². The molecule has 2 aromatic rings. The SMILES string of the molecule is CC(=NNC(=O)Cc1ccc([N+](=O)[O-])cc1)c1cc(O)ccc1O. The van der Waals surface area contributed by atoms with Crippen molar-refractivity contribution in [1.29, 1.82) is 0 Å². The van der Waals surface area contributed by atoms with Gasteiger partial charge in [-0.3, -0.25) is 14.9 Å². The van der Waals surface area contributed by atoms with E-state index < -0.39 is 10.8 Å². The van der Waals surface area contributed by atoms with Gasteiger partial charge in [0, 0.05) is 17.7 Å². The van der Waals surface area contributed by atoms with Crippen molar-refractivity contribution in [2.75, 3.05) is 0 Å². The van der Waals surface area contributed by atoms with Crippen LogP contribution in [0.2, 0.25) is 0 Å². The van der Waals surface area contributed by atoms with Crippen molar-refractivity contribution in [3.05, 3.63) is 63.7 Å². The monoisotopic (exact) mass is 329 g/mol. The summed E-state index contributed by atoms with van der Waals surface area (Å²) < 4.78 is 0. The zero-order chi connectivity index (χ0) is 17.7. The van der Waals surface area contributed by atoms with Gasteiger partial charge in [-0.15, -0.1) is 0 Å². The third-order valence-corrected chi connectivity index (χ3v) is 3.23. The fraction of sp³-hybridized carbons (Fsp3) is 0.125. The van der Waals surface area contributed by atoms with E-state index in [9.17, 15) is 25.1 Å². The Hall–Kier alpha value is -3.42. The van der Waals surface area contributed by atoms with Crippen LogP contribution in [0.1, 0.15) is 18.1 Å². The second-order valence-electron chi connectivity index (χ2n) is 5.03. The number of nitro benzene ring substituents is 1. The first-order valence-electron chi connectivity index (χ1n) is 6.95. The van der Waals surface area contributed by atoms with Crippen LogP contribution >= 0.6 is 0 Å². The largest absolute Gasteiger partial charge is 0.508 e. The fourth-order valence-corrected chi connectivity index (χ4v) is 1.98. The molecule has 8 heteroatoms. The van der Waals surface area contributed by atoms with Crippen LogP contribution in [0.25, 0.3) is 0 Å². The number of hydrogen-bond donors (Lipinski definition) is 3. The number of amides is 1. The van der Waals surface area contributed by atoms with E-state index in [1.807, 2.05) is 0 Å². The first-order chi connectivity index (χ1) is 11.4. The highest BCUT2D eigenvalue weighted by Gasteiger charge is 2.09. The molecule has 0 aliphatic heterocycles. The van der Waals surface area contributed by atoms with Crippen LogP contribution in [0.3, 0.4) is 0 Å². The number of hydrogen-bond acceptors (Lipinski definition) is 6. The second kappa shape index (κ2) is 7.23. The molecule has 2 aromatic carbocycles. The van der Waals surface area contributed by atoms with Crippen molar-refractivity contribution in [2.45, 2.75) is 13.3 Å². The minimum absolute atomic E-state index is 0.000790. The fourth-order valence-electron chi connectivity index (χ4n) is 1.98. The number of benzene rings is 2. The molecule has 0 saturated carbocycles. The molecule has 0 aliphatic carbocycles. The predicted molar refractivity (Wildman–Crippen MR) is 86.9 cm³/mol. The van der Waals surface area contributed by atoms with E-state index in [1.165, 1.54) is 42.5 Å². The minimum atomic E-state index is -0.515. The number of carbonyl (C=O) groups is 1. The van der Waals surface area contributed by atoms with Gasteiger partial charge in [-0.1, -0.05) is 12.1 Å². The minimum Gasteiger partial charge on any atom is -0.508 e. The Balaban J connectivity index is 2.01. The van der Waals surface area contributed by atoms with Crippen LogP contribution in [0.15, 0.2) is 47.6 Å². The van der Waals surface area contributed by atoms with Gasteiger partial charge >= 0.3 is 0 Å². The molecular formula is C16H15N3O5. The highest BCUT2D eigenvalue weighted by Crippen LogP contribution is 2.22. The number of nitrogens with zero attached hydrogens (tertiary/aromatic N) is 2. The third-order valence-electron chi connectivity index (χ3n) is 3.23. The summed E-state index contributed by atoms with van der Waals surface area (Å²) in [6, 6.07) is 9.62. The highest BCUT2D eigenvalue weighted by molar-refractivity contribution is 6.01. The first-order valence-corrected chi connectivity index (χ1v) is 6.95. The number of nitro groups is 1. The van der Waals surface area contributed by atoms with E-state index in [4.69, 9.17) is 0 Å². The predicted octanol–water partition coefficient (Wildman–Crippen LogP) is 2.09. The summed E-state index contributed by atoms with van der Waals surface area (Å²) in [5.74, 6) is -0.518. The Morgan fingerprint density at radius 3 is 2.50 bits per heavy atom. The summed E-state index contributed by atoms with van der Waals surface area (Å²) in [6.45, 7) is 1.57. The molecule has 8 nitrogen and oxygen atoms in total. The number of nitrogens with one attached hydrogen (secondary N) is 1. The maximum atomic E-state index is 11.9. The van der Waals surface area contributed by atoms with Gasteiger partial charge in [-0.25, -0.2) is 5.43 Å². The molecule has 0 atom stereocenters. The van der Waals surface area contributed by atoms with Gasteiger partial charge in [0.1, 0.15) is 11.5 Å². The third kappa shape index (κ3) is 4.29. The Kier molecular flexibility index (Phi) is 5.10. The Morgan fingerprint density at radius 2 is 1.88 bits per heavy atom. The van der Waals surface area contributed by atoms with Crippen molar-refractivity contribution >= 4 is 17.3 Å². The molecule has 3 N–H and O–H groups in total. The van der Waals surface area contributed by atoms with E-state index in [2.05, 4.69) is 10.5 Å². The molecule has 1 amide bonds. The number of hydrazone groups is 1. The normalized spacial score (nSPS) is 11.1. The summed E-state index contributed by atoms with van der Waals surface area (Å²) in [5, 5.41) is 33.6. The molecule has 0 fully saturated rings. The second-order valence-corrected chi connectivity index (χ2v) is 5.03. The van der Waals surface area contributed by atoms with Crippen LogP contribution in [0, 0.1) is 10.1 Å². The van der Waals surface area contributed by atoms with E-state index in [0.29, 0.717) is 16.8 Å². The lowest BCUT2D eigenvalue weighted by Crippen LogP contribution is -2.21. The molecule has 0 unspecified atom stereocenters. The first kappa shape index (κ1) is 16.9. The maximum absolute atomic E-state index is 11.9. The average Bonchev–Trinajstić information content (AvgIpc) is 2.55. The number of rotatable bonds is 5. The molecule has 0 aromatic heterocycles. The van der Waals surface area contributed by atoms with Crippen molar-refractivity contribution < 1.29 is 19.9 Å². The zero-order valence-electron chi connectivity index (χ0n) is 12.8. The van der Waals surface area contributed by atoms with Gasteiger partial charge in [0.15, 0.2) is 0 Å². The molecule has 0 aliphatic rings. The van der Waals surface area contributed by atoms with E-state index >= 15 is 0 Å². The molecule has 124 valence electrons. The van der Waals surface area contributed by atoms with Gasteiger partial charge < -0.3 is 10.2 Å². The summed E-state index contributed by atoms with van der Waals surface area (Å²) in [7, 11) is 0. The molecule has 0 radical (unpaired) electrons. The van der Waals surface area contributed by atoms with Gasteiger partial charge in [-0.05, 0) is 30.7 Å². The van der Waals surface area contributed by atoms with Crippen LogP contribution in [-0.2, 0) is 11.2 Å². The van der Waals surface area contributed by atoms with Gasteiger partial charge in [0.25, 0.3) is 5.69 Å². The van der Waals surface area contributed by atoms with Crippen LogP contribution < -0.4 is 5.43 Å². The highest BCUT2D eigenvalue weighted by atomic mass is 16.6. The van der Waals surface area contributed by atoms with Crippen molar-refractivity contribution in [2.24, 2.45) is 5.10 Å². The lowest BCUT2D eigenvalue weighted by Gasteiger charge is -2.06. The summed E-state index contributed by atoms with van der Waals surface area (Å²) in [5.41, 5.74) is 3.51. The van der Waals surface area contributed by atoms with Crippen molar-refractivity contribution in [3.8, 4) is 11.5 Å². The Morgan fingerprint density at radius 1 is 1.21 bits per heavy atom. The molecule has 0 spiro atoms. The molecule has 0 saturated heterocycles. The molecular weight excluding hydrogens is 314 g/mol.